The second-order valence-corrected chi connectivity index (χ2v) is 4.97. The van der Waals surface area contributed by atoms with Crippen molar-refractivity contribution >= 4 is 22.3 Å². The zero-order valence-corrected chi connectivity index (χ0v) is 11.4. The highest BCUT2D eigenvalue weighted by Crippen LogP contribution is 2.33. The van der Waals surface area contributed by atoms with Crippen LogP contribution in [0.25, 0.3) is 10.9 Å². The van der Waals surface area contributed by atoms with Crippen molar-refractivity contribution in [1.29, 1.82) is 0 Å². The van der Waals surface area contributed by atoms with E-state index in [0.717, 1.165) is 0 Å². The van der Waals surface area contributed by atoms with Gasteiger partial charge in [0.15, 0.2) is 0 Å². The Morgan fingerprint density at radius 3 is 2.75 bits per heavy atom. The number of fused-ring (bicyclic) bond motifs is 1. The lowest BCUT2D eigenvalue weighted by molar-refractivity contribution is -0.382. The van der Waals surface area contributed by atoms with Gasteiger partial charge >= 0.3 is 5.69 Å². The van der Waals surface area contributed by atoms with Crippen molar-refractivity contribution in [3.8, 4) is 0 Å². The second kappa shape index (κ2) is 5.83. The summed E-state index contributed by atoms with van der Waals surface area (Å²) in [5.74, 6) is 0.157. The first-order valence-corrected chi connectivity index (χ1v) is 6.44. The van der Waals surface area contributed by atoms with Gasteiger partial charge in [-0.05, 0) is 30.2 Å². The van der Waals surface area contributed by atoms with Gasteiger partial charge in [-0.15, -0.1) is 0 Å². The summed E-state index contributed by atoms with van der Waals surface area (Å²) in [5, 5.41) is 24.2. The number of nitro benzene ring substituents is 1. The summed E-state index contributed by atoms with van der Waals surface area (Å²) in [6.07, 6.45) is 1.60. The number of nitrogens with zero attached hydrogens (tertiary/aromatic N) is 2. The Balaban J connectivity index is 2.53. The van der Waals surface area contributed by atoms with Crippen LogP contribution >= 0.6 is 0 Å². The summed E-state index contributed by atoms with van der Waals surface area (Å²) in [7, 11) is 0. The highest BCUT2D eigenvalue weighted by atomic mass is 16.6. The van der Waals surface area contributed by atoms with Crippen LogP contribution < -0.4 is 5.32 Å². The smallest absolute Gasteiger partial charge is 0.301 e. The molecule has 0 spiro atoms. The molecule has 106 valence electrons. The molecule has 2 N–H and O–H groups in total. The van der Waals surface area contributed by atoms with Crippen molar-refractivity contribution in [1.82, 2.24) is 4.98 Å². The zero-order valence-electron chi connectivity index (χ0n) is 11.4. The number of aromatic nitrogens is 1. The van der Waals surface area contributed by atoms with Gasteiger partial charge in [0.1, 0.15) is 5.69 Å². The van der Waals surface area contributed by atoms with Crippen LogP contribution in [0.5, 0.6) is 0 Å². The predicted molar refractivity (Wildman–Crippen MR) is 77.7 cm³/mol. The highest BCUT2D eigenvalue weighted by Gasteiger charge is 2.22. The summed E-state index contributed by atoms with van der Waals surface area (Å²) < 4.78 is 0. The topological polar surface area (TPSA) is 88.3 Å². The maximum absolute atomic E-state index is 11.4. The Bertz CT molecular complexity index is 628. The van der Waals surface area contributed by atoms with E-state index in [1.807, 2.05) is 13.8 Å². The molecule has 6 heteroatoms. The third-order valence-electron chi connectivity index (χ3n) is 3.28. The number of benzene rings is 1. The van der Waals surface area contributed by atoms with Crippen LogP contribution in [0.15, 0.2) is 30.5 Å². The lowest BCUT2D eigenvalue weighted by atomic mass is 10.0. The molecule has 0 saturated heterocycles. The molecule has 0 unspecified atom stereocenters. The third-order valence-corrected chi connectivity index (χ3v) is 3.28. The number of anilines is 1. The molecule has 1 aromatic heterocycles. The maximum Gasteiger partial charge on any atom is 0.301 e. The van der Waals surface area contributed by atoms with Crippen LogP contribution in [-0.2, 0) is 0 Å². The van der Waals surface area contributed by atoms with Crippen LogP contribution in [-0.4, -0.2) is 27.7 Å². The molecule has 0 aliphatic heterocycles. The van der Waals surface area contributed by atoms with Gasteiger partial charge in [0.2, 0.25) is 0 Å². The largest absolute Gasteiger partial charge is 0.394 e. The van der Waals surface area contributed by atoms with E-state index < -0.39 is 4.92 Å². The first kappa shape index (κ1) is 14.2. The molecule has 6 nitrogen and oxygen atoms in total. The first-order chi connectivity index (χ1) is 9.54. The average Bonchev–Trinajstić information content (AvgIpc) is 2.43. The lowest BCUT2D eigenvalue weighted by Gasteiger charge is -2.21. The number of nitrogens with one attached hydrogen (secondary N) is 1. The fourth-order valence-corrected chi connectivity index (χ4v) is 2.07. The summed E-state index contributed by atoms with van der Waals surface area (Å²) in [6.45, 7) is 3.81. The van der Waals surface area contributed by atoms with E-state index in [0.29, 0.717) is 16.6 Å². The number of pyridine rings is 1. The fraction of sp³-hybridized carbons (Fsp3) is 0.357. The Morgan fingerprint density at radius 2 is 2.15 bits per heavy atom. The highest BCUT2D eigenvalue weighted by molar-refractivity contribution is 5.94. The van der Waals surface area contributed by atoms with Gasteiger partial charge < -0.3 is 10.4 Å². The molecule has 0 amide bonds. The van der Waals surface area contributed by atoms with Crippen molar-refractivity contribution in [2.75, 3.05) is 11.9 Å². The van der Waals surface area contributed by atoms with Crippen molar-refractivity contribution < 1.29 is 10.0 Å². The molecule has 1 atom stereocenters. The van der Waals surface area contributed by atoms with Crippen LogP contribution in [0.1, 0.15) is 13.8 Å². The van der Waals surface area contributed by atoms with E-state index in [1.165, 1.54) is 0 Å². The van der Waals surface area contributed by atoms with Gasteiger partial charge in [-0.3, -0.25) is 15.1 Å². The third kappa shape index (κ3) is 2.70. The number of aliphatic hydroxyl groups excluding tert-OH is 1. The normalized spacial score (nSPS) is 12.6. The Morgan fingerprint density at radius 1 is 1.40 bits per heavy atom. The summed E-state index contributed by atoms with van der Waals surface area (Å²) in [6, 6.07) is 6.49. The lowest BCUT2D eigenvalue weighted by Crippen LogP contribution is -2.29. The van der Waals surface area contributed by atoms with E-state index in [2.05, 4.69) is 10.3 Å². The number of hydrogen-bond donors (Lipinski definition) is 2. The number of nitro groups is 1. The van der Waals surface area contributed by atoms with Gasteiger partial charge in [0.05, 0.1) is 28.5 Å². The number of aliphatic hydroxyl groups is 1. The van der Waals surface area contributed by atoms with E-state index in [1.54, 1.807) is 30.5 Å². The van der Waals surface area contributed by atoms with Gasteiger partial charge in [-0.2, -0.15) is 0 Å². The van der Waals surface area contributed by atoms with Gasteiger partial charge in [0.25, 0.3) is 0 Å². The minimum absolute atomic E-state index is 0.00491. The summed E-state index contributed by atoms with van der Waals surface area (Å²) in [5.41, 5.74) is 0.979. The van der Waals surface area contributed by atoms with E-state index in [9.17, 15) is 15.2 Å². The van der Waals surface area contributed by atoms with Crippen molar-refractivity contribution in [2.24, 2.45) is 5.92 Å². The van der Waals surface area contributed by atoms with Gasteiger partial charge in [0, 0.05) is 6.20 Å². The average molecular weight is 275 g/mol. The molecule has 0 bridgehead atoms. The van der Waals surface area contributed by atoms with Crippen LogP contribution in [0.4, 0.5) is 11.4 Å². The SMILES string of the molecule is CC(C)[C@@H](CO)Nc1ccc2ncccc2c1[N+](=O)[O-]. The van der Waals surface area contributed by atoms with Gasteiger partial charge in [-0.25, -0.2) is 0 Å². The zero-order chi connectivity index (χ0) is 14.7. The Hall–Kier alpha value is -2.21. The molecular formula is C14H17N3O3. The molecule has 0 aliphatic carbocycles. The van der Waals surface area contributed by atoms with Crippen LogP contribution in [0, 0.1) is 16.0 Å². The second-order valence-electron chi connectivity index (χ2n) is 4.97. The van der Waals surface area contributed by atoms with E-state index in [-0.39, 0.29) is 24.3 Å². The van der Waals surface area contributed by atoms with Gasteiger partial charge in [-0.1, -0.05) is 13.8 Å². The molecule has 1 aromatic carbocycles. The molecule has 0 fully saturated rings. The standard InChI is InChI=1S/C14H17N3O3/c1-9(2)13(8-18)16-12-6-5-11-10(4-3-7-15-11)14(12)17(19)20/h3-7,9,13,16,18H,8H2,1-2H3/t13-/m1/s1. The summed E-state index contributed by atoms with van der Waals surface area (Å²) in [4.78, 5) is 15.1. The van der Waals surface area contributed by atoms with Crippen molar-refractivity contribution in [2.45, 2.75) is 19.9 Å². The van der Waals surface area contributed by atoms with E-state index >= 15 is 0 Å². The Labute approximate surface area is 116 Å². The molecule has 2 rings (SSSR count). The molecule has 2 aromatic rings. The molecule has 1 heterocycles. The maximum atomic E-state index is 11.4. The van der Waals surface area contributed by atoms with Crippen LogP contribution in [0.2, 0.25) is 0 Å². The molecule has 20 heavy (non-hydrogen) atoms. The minimum Gasteiger partial charge on any atom is -0.394 e. The molecule has 0 radical (unpaired) electrons. The molecule has 0 aliphatic rings. The summed E-state index contributed by atoms with van der Waals surface area (Å²) >= 11 is 0. The quantitative estimate of drug-likeness (QED) is 0.646. The predicted octanol–water partition coefficient (Wildman–Crippen LogP) is 2.57. The molecule has 0 saturated carbocycles. The van der Waals surface area contributed by atoms with Crippen molar-refractivity contribution in [3.63, 3.8) is 0 Å². The van der Waals surface area contributed by atoms with Crippen molar-refractivity contribution in [3.05, 3.63) is 40.6 Å². The minimum atomic E-state index is -0.416. The molecular weight excluding hydrogens is 258 g/mol. The van der Waals surface area contributed by atoms with E-state index in [4.69, 9.17) is 0 Å². The number of hydrogen-bond acceptors (Lipinski definition) is 5. The monoisotopic (exact) mass is 275 g/mol. The fourth-order valence-electron chi connectivity index (χ4n) is 2.07. The van der Waals surface area contributed by atoms with Crippen LogP contribution in [0.3, 0.4) is 0 Å². The number of rotatable bonds is 5. The first-order valence-electron chi connectivity index (χ1n) is 6.44. The Kier molecular flexibility index (Phi) is 4.14.